The number of carboxylic acid groups (broad SMARTS) is 1. The molecule has 0 heterocycles. The molecule has 0 aromatic carbocycles. The monoisotopic (exact) mass is 244 g/mol. The van der Waals surface area contributed by atoms with Crippen molar-refractivity contribution in [1.82, 2.24) is 10.2 Å². The summed E-state index contributed by atoms with van der Waals surface area (Å²) in [4.78, 5) is 23.9. The lowest BCUT2D eigenvalue weighted by Crippen LogP contribution is -2.49. The van der Waals surface area contributed by atoms with Gasteiger partial charge in [0.2, 0.25) is 0 Å². The van der Waals surface area contributed by atoms with E-state index in [1.165, 1.54) is 0 Å². The molecule has 0 aliphatic carbocycles. The molecule has 0 aromatic rings. The second-order valence-corrected chi connectivity index (χ2v) is 5.48. The molecule has 0 bridgehead atoms. The number of rotatable bonds is 6. The topological polar surface area (TPSA) is 69.6 Å². The lowest BCUT2D eigenvalue weighted by Gasteiger charge is -2.29. The van der Waals surface area contributed by atoms with Crippen molar-refractivity contribution in [3.8, 4) is 0 Å². The lowest BCUT2D eigenvalue weighted by atomic mass is 9.99. The molecule has 0 spiro atoms. The molecule has 0 aliphatic heterocycles. The van der Waals surface area contributed by atoms with Gasteiger partial charge in [-0.1, -0.05) is 13.8 Å². The first kappa shape index (κ1) is 15.7. The van der Waals surface area contributed by atoms with E-state index in [1.54, 1.807) is 11.9 Å². The van der Waals surface area contributed by atoms with Gasteiger partial charge in [0.05, 0.1) is 0 Å². The van der Waals surface area contributed by atoms with E-state index in [-0.39, 0.29) is 12.5 Å². The number of carbonyl (C=O) groups excluding carboxylic acids is 1. The number of urea groups is 1. The summed E-state index contributed by atoms with van der Waals surface area (Å²) in [7, 11) is 1.74. The van der Waals surface area contributed by atoms with Gasteiger partial charge in [-0.25, -0.2) is 4.79 Å². The summed E-state index contributed by atoms with van der Waals surface area (Å²) in [5, 5.41) is 11.5. The summed E-state index contributed by atoms with van der Waals surface area (Å²) in [5.74, 6) is -0.434. The first-order chi connectivity index (χ1) is 7.64. The van der Waals surface area contributed by atoms with E-state index >= 15 is 0 Å². The molecular formula is C12H24N2O3. The average Bonchev–Trinajstić information content (AvgIpc) is 2.13. The van der Waals surface area contributed by atoms with Crippen molar-refractivity contribution in [1.29, 1.82) is 0 Å². The summed E-state index contributed by atoms with van der Waals surface area (Å²) >= 11 is 0. The number of carbonyl (C=O) groups is 2. The van der Waals surface area contributed by atoms with E-state index < -0.39 is 11.5 Å². The summed E-state index contributed by atoms with van der Waals surface area (Å²) in [6.07, 6.45) is 0.477. The lowest BCUT2D eigenvalue weighted by molar-refractivity contribution is -0.137. The molecule has 2 N–H and O–H groups in total. The van der Waals surface area contributed by atoms with Gasteiger partial charge < -0.3 is 15.3 Å². The van der Waals surface area contributed by atoms with Gasteiger partial charge in [-0.3, -0.25) is 4.79 Å². The van der Waals surface area contributed by atoms with Crippen molar-refractivity contribution >= 4 is 12.0 Å². The Hall–Kier alpha value is -1.26. The Balaban J connectivity index is 4.20. The van der Waals surface area contributed by atoms with Crippen LogP contribution < -0.4 is 5.32 Å². The van der Waals surface area contributed by atoms with E-state index in [4.69, 9.17) is 5.11 Å². The van der Waals surface area contributed by atoms with Crippen LogP contribution >= 0.6 is 0 Å². The Morgan fingerprint density at radius 2 is 1.88 bits per heavy atom. The normalized spacial score (nSPS) is 11.4. The Bertz CT molecular complexity index is 275. The molecule has 100 valence electrons. The third-order valence-electron chi connectivity index (χ3n) is 2.39. The fourth-order valence-electron chi connectivity index (χ4n) is 1.50. The fourth-order valence-corrected chi connectivity index (χ4v) is 1.50. The number of amides is 2. The van der Waals surface area contributed by atoms with Crippen LogP contribution in [-0.4, -0.2) is 41.1 Å². The number of nitrogens with zero attached hydrogens (tertiary/aromatic N) is 1. The molecule has 0 aliphatic rings. The van der Waals surface area contributed by atoms with Crippen LogP contribution in [0.5, 0.6) is 0 Å². The zero-order valence-electron chi connectivity index (χ0n) is 11.4. The van der Waals surface area contributed by atoms with Crippen LogP contribution in [0, 0.1) is 5.92 Å². The maximum absolute atomic E-state index is 11.8. The Labute approximate surface area is 103 Å². The van der Waals surface area contributed by atoms with E-state index in [2.05, 4.69) is 5.32 Å². The van der Waals surface area contributed by atoms with Crippen molar-refractivity contribution in [2.24, 2.45) is 5.92 Å². The number of hydrogen-bond acceptors (Lipinski definition) is 2. The van der Waals surface area contributed by atoms with Crippen LogP contribution in [0.2, 0.25) is 0 Å². The predicted molar refractivity (Wildman–Crippen MR) is 66.9 cm³/mol. The van der Waals surface area contributed by atoms with Gasteiger partial charge in [0.1, 0.15) is 0 Å². The third kappa shape index (κ3) is 7.60. The van der Waals surface area contributed by atoms with Gasteiger partial charge in [0, 0.05) is 25.6 Å². The van der Waals surface area contributed by atoms with Crippen LogP contribution in [0.3, 0.4) is 0 Å². The summed E-state index contributed by atoms with van der Waals surface area (Å²) in [6, 6.07) is -0.158. The molecule has 0 fully saturated rings. The first-order valence-corrected chi connectivity index (χ1v) is 5.89. The maximum Gasteiger partial charge on any atom is 0.317 e. The Kier molecular flexibility index (Phi) is 5.99. The van der Waals surface area contributed by atoms with Crippen molar-refractivity contribution in [3.05, 3.63) is 0 Å². The summed E-state index contributed by atoms with van der Waals surface area (Å²) in [6.45, 7) is 8.42. The fraction of sp³-hybridized carbons (Fsp3) is 0.833. The predicted octanol–water partition coefficient (Wildman–Crippen LogP) is 1.93. The smallest absolute Gasteiger partial charge is 0.317 e. The molecule has 0 saturated heterocycles. The van der Waals surface area contributed by atoms with Crippen molar-refractivity contribution < 1.29 is 14.7 Å². The number of nitrogens with one attached hydrogen (secondary N) is 1. The Morgan fingerprint density at radius 3 is 2.29 bits per heavy atom. The van der Waals surface area contributed by atoms with E-state index in [1.807, 2.05) is 27.7 Å². The van der Waals surface area contributed by atoms with E-state index in [9.17, 15) is 9.59 Å². The Morgan fingerprint density at radius 1 is 1.35 bits per heavy atom. The zero-order valence-corrected chi connectivity index (χ0v) is 11.4. The van der Waals surface area contributed by atoms with Crippen molar-refractivity contribution in [3.63, 3.8) is 0 Å². The molecule has 17 heavy (non-hydrogen) atoms. The van der Waals surface area contributed by atoms with Gasteiger partial charge in [-0.05, 0) is 26.2 Å². The zero-order chi connectivity index (χ0) is 13.6. The highest BCUT2D eigenvalue weighted by atomic mass is 16.4. The second kappa shape index (κ2) is 6.47. The molecule has 0 saturated carbocycles. The highest BCUT2D eigenvalue weighted by Gasteiger charge is 2.23. The van der Waals surface area contributed by atoms with Gasteiger partial charge in [-0.2, -0.15) is 0 Å². The van der Waals surface area contributed by atoms with Crippen LogP contribution in [0.1, 0.15) is 40.5 Å². The van der Waals surface area contributed by atoms with Gasteiger partial charge in [0.25, 0.3) is 0 Å². The summed E-state index contributed by atoms with van der Waals surface area (Å²) in [5.41, 5.74) is -0.499. The summed E-state index contributed by atoms with van der Waals surface area (Å²) < 4.78 is 0. The molecule has 0 unspecified atom stereocenters. The van der Waals surface area contributed by atoms with Crippen LogP contribution in [0.25, 0.3) is 0 Å². The second-order valence-electron chi connectivity index (χ2n) is 5.48. The number of hydrogen-bond donors (Lipinski definition) is 2. The van der Waals surface area contributed by atoms with E-state index in [0.717, 1.165) is 0 Å². The minimum Gasteiger partial charge on any atom is -0.481 e. The van der Waals surface area contributed by atoms with Gasteiger partial charge >= 0.3 is 12.0 Å². The molecule has 0 rings (SSSR count). The molecule has 0 radical (unpaired) electrons. The van der Waals surface area contributed by atoms with E-state index in [0.29, 0.717) is 18.9 Å². The SMILES string of the molecule is CC(C)CN(C)C(=O)NC(C)(C)CCC(=O)O. The molecule has 0 atom stereocenters. The highest BCUT2D eigenvalue weighted by Crippen LogP contribution is 2.12. The molecule has 5 nitrogen and oxygen atoms in total. The molecule has 0 aromatic heterocycles. The number of carboxylic acids is 1. The number of aliphatic carboxylic acids is 1. The average molecular weight is 244 g/mol. The minimum atomic E-state index is -0.845. The van der Waals surface area contributed by atoms with Crippen LogP contribution in [0.15, 0.2) is 0 Å². The highest BCUT2D eigenvalue weighted by molar-refractivity contribution is 5.74. The standard InChI is InChI=1S/C12H24N2O3/c1-9(2)8-14(5)11(17)13-12(3,4)7-6-10(15)16/h9H,6-8H2,1-5H3,(H,13,17)(H,15,16). The third-order valence-corrected chi connectivity index (χ3v) is 2.39. The first-order valence-electron chi connectivity index (χ1n) is 5.89. The maximum atomic E-state index is 11.8. The van der Waals surface area contributed by atoms with Crippen molar-refractivity contribution in [2.45, 2.75) is 46.1 Å². The molecule has 2 amide bonds. The van der Waals surface area contributed by atoms with Gasteiger partial charge in [-0.15, -0.1) is 0 Å². The van der Waals surface area contributed by atoms with Crippen LogP contribution in [0.4, 0.5) is 4.79 Å². The van der Waals surface area contributed by atoms with Crippen molar-refractivity contribution in [2.75, 3.05) is 13.6 Å². The minimum absolute atomic E-state index is 0.0567. The van der Waals surface area contributed by atoms with Gasteiger partial charge in [0.15, 0.2) is 0 Å². The largest absolute Gasteiger partial charge is 0.481 e. The quantitative estimate of drug-likeness (QED) is 0.750. The molecular weight excluding hydrogens is 220 g/mol. The van der Waals surface area contributed by atoms with Crippen LogP contribution in [-0.2, 0) is 4.79 Å². The molecule has 5 heteroatoms.